The molecule has 0 rings (SSSR count). The maximum Gasteiger partial charge on any atom is 0.118 e. The van der Waals surface area contributed by atoms with E-state index >= 15 is 0 Å². The molecule has 0 saturated heterocycles. The van der Waals surface area contributed by atoms with Gasteiger partial charge in [-0.25, -0.2) is 4.99 Å². The van der Waals surface area contributed by atoms with Gasteiger partial charge < -0.3 is 5.73 Å². The lowest BCUT2D eigenvalue weighted by Gasteiger charge is -1.96. The second kappa shape index (κ2) is 7.10. The van der Waals surface area contributed by atoms with E-state index in [0.29, 0.717) is 5.82 Å². The Morgan fingerprint density at radius 2 is 2.23 bits per heavy atom. The summed E-state index contributed by atoms with van der Waals surface area (Å²) in [6.07, 6.45) is 10.2. The van der Waals surface area contributed by atoms with Crippen LogP contribution in [0.2, 0.25) is 0 Å². The third-order valence-corrected chi connectivity index (χ3v) is 1.44. The minimum atomic E-state index is 0.458. The van der Waals surface area contributed by atoms with E-state index in [1.54, 1.807) is 6.08 Å². The number of nitrogens with zero attached hydrogens (tertiary/aromatic N) is 1. The van der Waals surface area contributed by atoms with Crippen LogP contribution in [0.15, 0.2) is 53.3 Å². The maximum absolute atomic E-state index is 5.47. The number of nitrogens with two attached hydrogens (primary N) is 1. The smallest absolute Gasteiger partial charge is 0.118 e. The molecule has 2 nitrogen and oxygen atoms in total. The topological polar surface area (TPSA) is 38.4 Å². The van der Waals surface area contributed by atoms with E-state index in [2.05, 4.69) is 18.3 Å². The van der Waals surface area contributed by atoms with Gasteiger partial charge in [-0.05, 0) is 31.7 Å². The third-order valence-electron chi connectivity index (χ3n) is 1.44. The first-order chi connectivity index (χ1) is 6.24. The first-order valence-electron chi connectivity index (χ1n) is 4.11. The molecule has 0 atom stereocenters. The van der Waals surface area contributed by atoms with Gasteiger partial charge in [0.2, 0.25) is 0 Å². The summed E-state index contributed by atoms with van der Waals surface area (Å²) in [6.45, 7) is 8.93. The highest BCUT2D eigenvalue weighted by Gasteiger charge is 1.88. The molecule has 0 bridgehead atoms. The number of hydrogen-bond acceptors (Lipinski definition) is 2. The molecule has 2 heteroatoms. The zero-order valence-corrected chi connectivity index (χ0v) is 8.03. The van der Waals surface area contributed by atoms with Gasteiger partial charge in [0.15, 0.2) is 0 Å². The first kappa shape index (κ1) is 11.4. The summed E-state index contributed by atoms with van der Waals surface area (Å²) in [5.74, 6) is 0.458. The molecule has 0 heterocycles. The van der Waals surface area contributed by atoms with Gasteiger partial charge in [0.1, 0.15) is 5.82 Å². The van der Waals surface area contributed by atoms with Crippen LogP contribution in [-0.4, -0.2) is 6.72 Å². The summed E-state index contributed by atoms with van der Waals surface area (Å²) in [6, 6.07) is 0. The molecule has 70 valence electrons. The molecular formula is C11H16N2. The van der Waals surface area contributed by atoms with Gasteiger partial charge in [-0.15, -0.1) is 0 Å². The minimum Gasteiger partial charge on any atom is -0.384 e. The zero-order valence-electron chi connectivity index (χ0n) is 8.03. The lowest BCUT2D eigenvalue weighted by Crippen LogP contribution is -1.92. The van der Waals surface area contributed by atoms with Crippen molar-refractivity contribution in [2.75, 3.05) is 0 Å². The average molecular weight is 176 g/mol. The van der Waals surface area contributed by atoms with Crippen LogP contribution in [0.5, 0.6) is 0 Å². The van der Waals surface area contributed by atoms with Crippen molar-refractivity contribution in [2.45, 2.75) is 13.3 Å². The molecule has 0 radical (unpaired) electrons. The molecular weight excluding hydrogens is 160 g/mol. The molecule has 0 aliphatic carbocycles. The van der Waals surface area contributed by atoms with Gasteiger partial charge >= 0.3 is 0 Å². The average Bonchev–Trinajstić information content (AvgIpc) is 2.14. The molecule has 0 aromatic heterocycles. The van der Waals surface area contributed by atoms with Gasteiger partial charge in [-0.2, -0.15) is 0 Å². The van der Waals surface area contributed by atoms with E-state index in [4.69, 9.17) is 5.73 Å². The first-order valence-corrected chi connectivity index (χ1v) is 4.11. The highest BCUT2D eigenvalue weighted by atomic mass is 14.9. The van der Waals surface area contributed by atoms with E-state index in [1.807, 2.05) is 31.2 Å². The summed E-state index contributed by atoms with van der Waals surface area (Å²) in [7, 11) is 0. The fraction of sp³-hybridized carbons (Fsp3) is 0.182. The molecule has 0 unspecified atom stereocenters. The predicted molar refractivity (Wildman–Crippen MR) is 59.5 cm³/mol. The Labute approximate surface area is 79.9 Å². The SMILES string of the molecule is C=C/C=C(\C=C/C)C/C=C(/N)N=C. The van der Waals surface area contributed by atoms with Crippen LogP contribution in [0.25, 0.3) is 0 Å². The summed E-state index contributed by atoms with van der Waals surface area (Å²) in [4.78, 5) is 3.59. The van der Waals surface area contributed by atoms with Crippen LogP contribution in [0.4, 0.5) is 0 Å². The number of rotatable bonds is 5. The van der Waals surface area contributed by atoms with Crippen LogP contribution in [0.1, 0.15) is 13.3 Å². The summed E-state index contributed by atoms with van der Waals surface area (Å²) < 4.78 is 0. The van der Waals surface area contributed by atoms with Gasteiger partial charge in [0.25, 0.3) is 0 Å². The van der Waals surface area contributed by atoms with Crippen molar-refractivity contribution in [3.8, 4) is 0 Å². The quantitative estimate of drug-likeness (QED) is 0.507. The van der Waals surface area contributed by atoms with Crippen LogP contribution >= 0.6 is 0 Å². The lowest BCUT2D eigenvalue weighted by atomic mass is 10.1. The van der Waals surface area contributed by atoms with Crippen LogP contribution in [-0.2, 0) is 0 Å². The molecule has 2 N–H and O–H groups in total. The maximum atomic E-state index is 5.47. The van der Waals surface area contributed by atoms with Crippen molar-refractivity contribution in [3.05, 3.63) is 48.4 Å². The fourth-order valence-electron chi connectivity index (χ4n) is 0.844. The summed E-state index contributed by atoms with van der Waals surface area (Å²) in [5, 5.41) is 0. The number of aliphatic imine (C=N–C) groups is 1. The van der Waals surface area contributed by atoms with E-state index in [9.17, 15) is 0 Å². The van der Waals surface area contributed by atoms with Crippen molar-refractivity contribution in [1.29, 1.82) is 0 Å². The van der Waals surface area contributed by atoms with E-state index in [0.717, 1.165) is 12.0 Å². The molecule has 0 amide bonds. The fourth-order valence-corrected chi connectivity index (χ4v) is 0.844. The Kier molecular flexibility index (Phi) is 6.24. The lowest BCUT2D eigenvalue weighted by molar-refractivity contribution is 1.17. The Morgan fingerprint density at radius 3 is 2.69 bits per heavy atom. The van der Waals surface area contributed by atoms with Crippen molar-refractivity contribution < 1.29 is 0 Å². The normalized spacial score (nSPS) is 13.3. The molecule has 0 aliphatic rings. The molecule has 0 spiro atoms. The van der Waals surface area contributed by atoms with Gasteiger partial charge in [0, 0.05) is 0 Å². The van der Waals surface area contributed by atoms with E-state index < -0.39 is 0 Å². The Hall–Kier alpha value is -1.57. The monoisotopic (exact) mass is 176 g/mol. The Bertz CT molecular complexity index is 257. The Balaban J connectivity index is 4.36. The standard InChI is InChI=1S/C11H16N2/c1-4-6-10(7-5-2)8-9-11(12)13-3/h4-7,9H,1,3,8,12H2,2H3/b7-5-,10-6+,11-9-. The van der Waals surface area contributed by atoms with E-state index in [1.165, 1.54) is 0 Å². The van der Waals surface area contributed by atoms with Crippen LogP contribution in [0.3, 0.4) is 0 Å². The molecule has 0 aliphatic heterocycles. The molecule has 0 saturated carbocycles. The van der Waals surface area contributed by atoms with Crippen molar-refractivity contribution in [2.24, 2.45) is 10.7 Å². The second-order valence-electron chi connectivity index (χ2n) is 2.47. The minimum absolute atomic E-state index is 0.458. The van der Waals surface area contributed by atoms with Crippen molar-refractivity contribution in [1.82, 2.24) is 0 Å². The highest BCUT2D eigenvalue weighted by molar-refractivity contribution is 5.30. The predicted octanol–water partition coefficient (Wildman–Crippen LogP) is 2.57. The summed E-state index contributed by atoms with van der Waals surface area (Å²) >= 11 is 0. The van der Waals surface area contributed by atoms with Gasteiger partial charge in [-0.1, -0.05) is 30.9 Å². The van der Waals surface area contributed by atoms with Gasteiger partial charge in [0.05, 0.1) is 0 Å². The summed E-state index contributed by atoms with van der Waals surface area (Å²) in [5.41, 5.74) is 6.61. The van der Waals surface area contributed by atoms with Crippen molar-refractivity contribution in [3.63, 3.8) is 0 Å². The van der Waals surface area contributed by atoms with Crippen LogP contribution in [0, 0.1) is 0 Å². The highest BCUT2D eigenvalue weighted by Crippen LogP contribution is 2.06. The van der Waals surface area contributed by atoms with Crippen molar-refractivity contribution >= 4 is 6.72 Å². The molecule has 0 aromatic rings. The molecule has 0 aromatic carbocycles. The van der Waals surface area contributed by atoms with Gasteiger partial charge in [-0.3, -0.25) is 0 Å². The number of allylic oxidation sites excluding steroid dienone is 6. The molecule has 13 heavy (non-hydrogen) atoms. The Morgan fingerprint density at radius 1 is 1.54 bits per heavy atom. The second-order valence-corrected chi connectivity index (χ2v) is 2.47. The third kappa shape index (κ3) is 5.67. The van der Waals surface area contributed by atoms with E-state index in [-0.39, 0.29) is 0 Å². The number of hydrogen-bond donors (Lipinski definition) is 1. The largest absolute Gasteiger partial charge is 0.384 e. The molecule has 0 fully saturated rings. The zero-order chi connectivity index (χ0) is 10.1. The van der Waals surface area contributed by atoms with Crippen LogP contribution < -0.4 is 5.73 Å².